The number of likely N-dealkylation sites (N-methyl/N-ethyl adjacent to an activating group) is 1. The van der Waals surface area contributed by atoms with Gasteiger partial charge in [0.1, 0.15) is 11.3 Å². The highest BCUT2D eigenvalue weighted by Gasteiger charge is 2.18. The zero-order valence-electron chi connectivity index (χ0n) is 16.5. The fourth-order valence-electron chi connectivity index (χ4n) is 3.49. The van der Waals surface area contributed by atoms with Crippen molar-refractivity contribution >= 4 is 16.9 Å². The van der Waals surface area contributed by atoms with Gasteiger partial charge in [0, 0.05) is 37.0 Å². The van der Waals surface area contributed by atoms with E-state index < -0.39 is 0 Å². The van der Waals surface area contributed by atoms with E-state index in [0.717, 1.165) is 46.4 Å². The number of nitrogens with zero attached hydrogens (tertiary/aromatic N) is 2. The van der Waals surface area contributed by atoms with Gasteiger partial charge in [-0.15, -0.1) is 0 Å². The van der Waals surface area contributed by atoms with Gasteiger partial charge in [-0.05, 0) is 55.6 Å². The number of furan rings is 1. The summed E-state index contributed by atoms with van der Waals surface area (Å²) in [5, 5.41) is 1.11. The number of hydrogen-bond donors (Lipinski definition) is 0. The van der Waals surface area contributed by atoms with Crippen molar-refractivity contribution < 1.29 is 13.9 Å². The number of morpholine rings is 1. The molecule has 0 bridgehead atoms. The first-order valence-corrected chi connectivity index (χ1v) is 9.75. The normalized spacial score (nSPS) is 14.8. The van der Waals surface area contributed by atoms with E-state index in [-0.39, 0.29) is 5.91 Å². The Bertz CT molecular complexity index is 954. The number of carbonyl (C=O) groups excluding carboxylic acids is 1. The number of rotatable bonds is 5. The second kappa shape index (κ2) is 8.17. The molecule has 1 aliphatic heterocycles. The molecule has 5 heteroatoms. The number of fused-ring (bicyclic) bond motifs is 1. The van der Waals surface area contributed by atoms with Crippen LogP contribution in [0.5, 0.6) is 0 Å². The molecule has 1 amide bonds. The number of hydrogen-bond acceptors (Lipinski definition) is 4. The molecular weight excluding hydrogens is 352 g/mol. The Kier molecular flexibility index (Phi) is 5.46. The molecule has 28 heavy (non-hydrogen) atoms. The van der Waals surface area contributed by atoms with Crippen molar-refractivity contribution in [2.45, 2.75) is 6.42 Å². The van der Waals surface area contributed by atoms with E-state index >= 15 is 0 Å². The number of amides is 1. The third-order valence-electron chi connectivity index (χ3n) is 5.14. The lowest BCUT2D eigenvalue weighted by Gasteiger charge is -2.26. The summed E-state index contributed by atoms with van der Waals surface area (Å²) in [7, 11) is 4.13. The van der Waals surface area contributed by atoms with Crippen LogP contribution in [-0.4, -0.2) is 62.7 Å². The van der Waals surface area contributed by atoms with Gasteiger partial charge in [-0.1, -0.05) is 18.2 Å². The van der Waals surface area contributed by atoms with Crippen LogP contribution in [0.3, 0.4) is 0 Å². The van der Waals surface area contributed by atoms with Crippen molar-refractivity contribution in [3.8, 4) is 11.1 Å². The molecule has 146 valence electrons. The van der Waals surface area contributed by atoms with E-state index in [0.29, 0.717) is 26.3 Å². The monoisotopic (exact) mass is 378 g/mol. The first-order valence-electron chi connectivity index (χ1n) is 9.75. The van der Waals surface area contributed by atoms with Gasteiger partial charge in [0.2, 0.25) is 0 Å². The van der Waals surface area contributed by atoms with Crippen molar-refractivity contribution in [3.63, 3.8) is 0 Å². The molecule has 0 spiro atoms. The Morgan fingerprint density at radius 3 is 2.43 bits per heavy atom. The molecule has 2 aromatic carbocycles. The molecule has 0 radical (unpaired) electrons. The summed E-state index contributed by atoms with van der Waals surface area (Å²) in [6.07, 6.45) is 0.898. The van der Waals surface area contributed by atoms with Gasteiger partial charge in [0.15, 0.2) is 0 Å². The summed E-state index contributed by atoms with van der Waals surface area (Å²) >= 11 is 0. The molecule has 3 aromatic rings. The third-order valence-corrected chi connectivity index (χ3v) is 5.14. The number of benzene rings is 2. The first kappa shape index (κ1) is 18.7. The van der Waals surface area contributed by atoms with Crippen molar-refractivity contribution in [2.75, 3.05) is 46.9 Å². The van der Waals surface area contributed by atoms with Gasteiger partial charge in [-0.2, -0.15) is 0 Å². The van der Waals surface area contributed by atoms with Gasteiger partial charge in [0.25, 0.3) is 5.91 Å². The van der Waals surface area contributed by atoms with Crippen LogP contribution < -0.4 is 0 Å². The number of carbonyl (C=O) groups is 1. The van der Waals surface area contributed by atoms with Crippen LogP contribution in [0.4, 0.5) is 0 Å². The maximum atomic E-state index is 12.6. The molecule has 1 saturated heterocycles. The SMILES string of the molecule is CN(C)CCc1cc2cc(-c3ccc(C(=O)N4CCOCC4)cc3)ccc2o1. The molecule has 1 fully saturated rings. The molecule has 4 rings (SSSR count). The van der Waals surface area contributed by atoms with Crippen LogP contribution in [0.15, 0.2) is 52.9 Å². The van der Waals surface area contributed by atoms with E-state index in [1.807, 2.05) is 35.2 Å². The zero-order chi connectivity index (χ0) is 19.5. The smallest absolute Gasteiger partial charge is 0.254 e. The van der Waals surface area contributed by atoms with Gasteiger partial charge in [0.05, 0.1) is 13.2 Å². The fourth-order valence-corrected chi connectivity index (χ4v) is 3.49. The molecule has 0 saturated carbocycles. The van der Waals surface area contributed by atoms with E-state index in [1.165, 1.54) is 0 Å². The topological polar surface area (TPSA) is 45.9 Å². The fraction of sp³-hybridized carbons (Fsp3) is 0.348. The quantitative estimate of drug-likeness (QED) is 0.680. The Morgan fingerprint density at radius 1 is 1.00 bits per heavy atom. The van der Waals surface area contributed by atoms with Crippen LogP contribution in [0, 0.1) is 0 Å². The summed E-state index contributed by atoms with van der Waals surface area (Å²) in [5.41, 5.74) is 3.85. The predicted molar refractivity (Wildman–Crippen MR) is 111 cm³/mol. The minimum Gasteiger partial charge on any atom is -0.461 e. The lowest BCUT2D eigenvalue weighted by atomic mass is 10.0. The molecule has 0 unspecified atom stereocenters. The molecule has 1 aliphatic rings. The highest BCUT2D eigenvalue weighted by Crippen LogP contribution is 2.27. The summed E-state index contributed by atoms with van der Waals surface area (Å²) in [6, 6.07) is 16.2. The minimum atomic E-state index is 0.0747. The summed E-state index contributed by atoms with van der Waals surface area (Å²) in [6.45, 7) is 3.52. The Balaban J connectivity index is 1.51. The number of ether oxygens (including phenoxy) is 1. The van der Waals surface area contributed by atoms with Crippen LogP contribution in [0.25, 0.3) is 22.1 Å². The second-order valence-corrected chi connectivity index (χ2v) is 7.50. The van der Waals surface area contributed by atoms with Crippen LogP contribution >= 0.6 is 0 Å². The second-order valence-electron chi connectivity index (χ2n) is 7.50. The summed E-state index contributed by atoms with van der Waals surface area (Å²) < 4.78 is 11.3. The van der Waals surface area contributed by atoms with Crippen molar-refractivity contribution in [1.82, 2.24) is 9.80 Å². The summed E-state index contributed by atoms with van der Waals surface area (Å²) in [5.74, 6) is 1.08. The maximum absolute atomic E-state index is 12.6. The van der Waals surface area contributed by atoms with E-state index in [4.69, 9.17) is 9.15 Å². The largest absolute Gasteiger partial charge is 0.461 e. The zero-order valence-corrected chi connectivity index (χ0v) is 16.5. The molecule has 0 atom stereocenters. The van der Waals surface area contributed by atoms with E-state index in [1.54, 1.807) is 0 Å². The van der Waals surface area contributed by atoms with E-state index in [9.17, 15) is 4.79 Å². The molecule has 0 N–H and O–H groups in total. The standard InChI is InChI=1S/C23H26N2O3/c1-24(2)10-9-21-16-20-15-19(7-8-22(20)28-21)17-3-5-18(6-4-17)23(26)25-11-13-27-14-12-25/h3-8,15-16H,9-14H2,1-2H3. The van der Waals surface area contributed by atoms with E-state index in [2.05, 4.69) is 37.2 Å². The maximum Gasteiger partial charge on any atom is 0.254 e. The minimum absolute atomic E-state index is 0.0747. The molecule has 5 nitrogen and oxygen atoms in total. The highest BCUT2D eigenvalue weighted by atomic mass is 16.5. The van der Waals surface area contributed by atoms with Crippen molar-refractivity contribution in [3.05, 3.63) is 59.9 Å². The predicted octanol–water partition coefficient (Wildman–Crippen LogP) is 3.68. The molecular formula is C23H26N2O3. The van der Waals surface area contributed by atoms with Gasteiger partial charge in [-0.3, -0.25) is 4.79 Å². The van der Waals surface area contributed by atoms with Gasteiger partial charge >= 0.3 is 0 Å². The van der Waals surface area contributed by atoms with Crippen LogP contribution in [0.1, 0.15) is 16.1 Å². The third kappa shape index (κ3) is 4.11. The Hall–Kier alpha value is -2.63. The van der Waals surface area contributed by atoms with Crippen molar-refractivity contribution in [1.29, 1.82) is 0 Å². The Morgan fingerprint density at radius 2 is 1.71 bits per heavy atom. The van der Waals surface area contributed by atoms with Crippen LogP contribution in [-0.2, 0) is 11.2 Å². The van der Waals surface area contributed by atoms with Gasteiger partial charge in [-0.25, -0.2) is 0 Å². The lowest BCUT2D eigenvalue weighted by molar-refractivity contribution is 0.0303. The average Bonchev–Trinajstić information content (AvgIpc) is 3.15. The summed E-state index contributed by atoms with van der Waals surface area (Å²) in [4.78, 5) is 16.6. The molecule has 2 heterocycles. The Labute approximate surface area is 165 Å². The van der Waals surface area contributed by atoms with Crippen molar-refractivity contribution in [2.24, 2.45) is 0 Å². The first-order chi connectivity index (χ1) is 13.6. The van der Waals surface area contributed by atoms with Gasteiger partial charge < -0.3 is 19.0 Å². The molecule has 0 aliphatic carbocycles. The lowest BCUT2D eigenvalue weighted by Crippen LogP contribution is -2.40. The average molecular weight is 378 g/mol. The van der Waals surface area contributed by atoms with Crippen LogP contribution in [0.2, 0.25) is 0 Å². The highest BCUT2D eigenvalue weighted by molar-refractivity contribution is 5.95. The molecule has 1 aromatic heterocycles.